The second kappa shape index (κ2) is 7.81. The van der Waals surface area contributed by atoms with Crippen LogP contribution in [-0.4, -0.2) is 52.3 Å². The summed E-state index contributed by atoms with van der Waals surface area (Å²) in [5, 5.41) is 0. The van der Waals surface area contributed by atoms with Crippen molar-refractivity contribution < 1.29 is 18.7 Å². The lowest BCUT2D eigenvalue weighted by molar-refractivity contribution is -0.187. The van der Waals surface area contributed by atoms with Crippen molar-refractivity contribution in [1.82, 2.24) is 14.3 Å². The summed E-state index contributed by atoms with van der Waals surface area (Å²) in [5.74, 6) is -0.634. The van der Waals surface area contributed by atoms with Crippen LogP contribution in [0.5, 0.6) is 0 Å². The smallest absolute Gasteiger partial charge is 0.222 e. The van der Waals surface area contributed by atoms with Crippen LogP contribution in [0.4, 0.5) is 4.39 Å². The van der Waals surface area contributed by atoms with E-state index in [4.69, 9.17) is 14.5 Å². The highest BCUT2D eigenvalue weighted by Gasteiger charge is 2.40. The first kappa shape index (κ1) is 19.2. The predicted octanol–water partition coefficient (Wildman–Crippen LogP) is 3.44. The van der Waals surface area contributed by atoms with Crippen molar-refractivity contribution in [2.24, 2.45) is 0 Å². The fraction of sp³-hybridized carbons (Fsp3) is 0.391. The van der Waals surface area contributed by atoms with Gasteiger partial charge in [0.2, 0.25) is 5.91 Å². The van der Waals surface area contributed by atoms with Gasteiger partial charge in [-0.3, -0.25) is 4.79 Å². The molecule has 6 nitrogen and oxygen atoms in total. The molecule has 30 heavy (non-hydrogen) atoms. The van der Waals surface area contributed by atoms with Gasteiger partial charge >= 0.3 is 0 Å². The minimum Gasteiger partial charge on any atom is -0.347 e. The van der Waals surface area contributed by atoms with E-state index in [-0.39, 0.29) is 11.7 Å². The Balaban J connectivity index is 1.33. The zero-order chi connectivity index (χ0) is 20.6. The Kier molecular flexibility index (Phi) is 5.00. The van der Waals surface area contributed by atoms with Gasteiger partial charge in [0, 0.05) is 44.1 Å². The summed E-state index contributed by atoms with van der Waals surface area (Å²) in [4.78, 5) is 19.5. The molecule has 1 aromatic carbocycles. The maximum atomic E-state index is 13.4. The number of likely N-dealkylation sites (tertiary alicyclic amines) is 1. The molecule has 2 fully saturated rings. The van der Waals surface area contributed by atoms with Gasteiger partial charge < -0.3 is 18.8 Å². The first-order valence-electron chi connectivity index (χ1n) is 10.4. The number of imidazole rings is 1. The minimum atomic E-state index is -0.478. The number of fused-ring (bicyclic) bond motifs is 1. The Labute approximate surface area is 174 Å². The molecule has 5 rings (SSSR count). The average molecular weight is 409 g/mol. The minimum absolute atomic E-state index is 0.124. The molecule has 7 heteroatoms. The second-order valence-corrected chi connectivity index (χ2v) is 7.83. The Hall–Kier alpha value is -2.77. The summed E-state index contributed by atoms with van der Waals surface area (Å²) in [7, 11) is 0. The molecule has 0 saturated carbocycles. The van der Waals surface area contributed by atoms with Gasteiger partial charge in [0.25, 0.3) is 0 Å². The first-order chi connectivity index (χ1) is 14.6. The van der Waals surface area contributed by atoms with Gasteiger partial charge in [0.15, 0.2) is 5.79 Å². The molecule has 2 aliphatic rings. The number of hydrogen-bond acceptors (Lipinski definition) is 4. The van der Waals surface area contributed by atoms with Crippen molar-refractivity contribution in [2.45, 2.75) is 31.5 Å². The number of pyridine rings is 1. The number of rotatable bonds is 4. The number of benzene rings is 1. The van der Waals surface area contributed by atoms with Crippen LogP contribution in [-0.2, 0) is 20.7 Å². The molecule has 1 spiro atoms. The SMILES string of the molecule is O=C(CCc1c(-c2ccc(F)cc2)nc2ccccn12)N1CCC2(CC1)OCCO2. The molecule has 0 atom stereocenters. The number of hydrogen-bond donors (Lipinski definition) is 0. The standard InChI is InChI=1S/C23H24FN3O3/c24-18-6-4-17(5-7-18)22-19(27-12-2-1-3-20(27)25-22)8-9-21(28)26-13-10-23(11-14-26)29-15-16-30-23/h1-7,12H,8-11,13-16H2. The lowest BCUT2D eigenvalue weighted by atomic mass is 10.0. The quantitative estimate of drug-likeness (QED) is 0.663. The number of amides is 1. The Bertz CT molecular complexity index is 1050. The van der Waals surface area contributed by atoms with Crippen LogP contribution < -0.4 is 0 Å². The highest BCUT2D eigenvalue weighted by atomic mass is 19.1. The predicted molar refractivity (Wildman–Crippen MR) is 109 cm³/mol. The molecule has 0 N–H and O–H groups in total. The third-order valence-corrected chi connectivity index (χ3v) is 6.01. The van der Waals surface area contributed by atoms with E-state index in [1.165, 1.54) is 12.1 Å². The Morgan fingerprint density at radius 2 is 1.80 bits per heavy atom. The van der Waals surface area contributed by atoms with E-state index in [0.29, 0.717) is 39.1 Å². The molecule has 2 saturated heterocycles. The Morgan fingerprint density at radius 1 is 1.07 bits per heavy atom. The van der Waals surface area contributed by atoms with Crippen molar-refractivity contribution in [2.75, 3.05) is 26.3 Å². The summed E-state index contributed by atoms with van der Waals surface area (Å²) in [5.41, 5.74) is 3.41. The van der Waals surface area contributed by atoms with Gasteiger partial charge in [0.1, 0.15) is 11.5 Å². The van der Waals surface area contributed by atoms with Crippen LogP contribution in [0.3, 0.4) is 0 Å². The maximum absolute atomic E-state index is 13.4. The van der Waals surface area contributed by atoms with Crippen LogP contribution in [0.2, 0.25) is 0 Å². The summed E-state index contributed by atoms with van der Waals surface area (Å²) in [6.07, 6.45) is 4.34. The van der Waals surface area contributed by atoms with E-state index >= 15 is 0 Å². The van der Waals surface area contributed by atoms with E-state index in [1.54, 1.807) is 12.1 Å². The van der Waals surface area contributed by atoms with Crippen LogP contribution in [0, 0.1) is 5.82 Å². The number of carbonyl (C=O) groups excluding carboxylic acids is 1. The molecular weight excluding hydrogens is 385 g/mol. The number of nitrogens with zero attached hydrogens (tertiary/aromatic N) is 3. The molecule has 156 valence electrons. The number of carbonyl (C=O) groups is 1. The zero-order valence-electron chi connectivity index (χ0n) is 16.7. The van der Waals surface area contributed by atoms with Gasteiger partial charge in [-0.15, -0.1) is 0 Å². The van der Waals surface area contributed by atoms with Gasteiger partial charge in [-0.1, -0.05) is 6.07 Å². The van der Waals surface area contributed by atoms with E-state index in [0.717, 1.165) is 35.4 Å². The largest absolute Gasteiger partial charge is 0.347 e. The molecule has 2 aliphatic heterocycles. The van der Waals surface area contributed by atoms with E-state index in [2.05, 4.69) is 0 Å². The third kappa shape index (κ3) is 3.59. The fourth-order valence-corrected chi connectivity index (χ4v) is 4.39. The topological polar surface area (TPSA) is 56.1 Å². The number of halogens is 1. The van der Waals surface area contributed by atoms with E-state index in [1.807, 2.05) is 33.7 Å². The first-order valence-corrected chi connectivity index (χ1v) is 10.4. The van der Waals surface area contributed by atoms with E-state index in [9.17, 15) is 9.18 Å². The fourth-order valence-electron chi connectivity index (χ4n) is 4.39. The summed E-state index contributed by atoms with van der Waals surface area (Å²) in [6, 6.07) is 12.1. The summed E-state index contributed by atoms with van der Waals surface area (Å²) in [6.45, 7) is 2.57. The molecule has 1 amide bonds. The van der Waals surface area contributed by atoms with Crippen LogP contribution in [0.15, 0.2) is 48.7 Å². The van der Waals surface area contributed by atoms with Crippen LogP contribution >= 0.6 is 0 Å². The lowest BCUT2D eigenvalue weighted by Crippen LogP contribution is -2.47. The normalized spacial score (nSPS) is 18.4. The molecule has 4 heterocycles. The van der Waals surface area contributed by atoms with Gasteiger partial charge in [-0.2, -0.15) is 0 Å². The highest BCUT2D eigenvalue weighted by molar-refractivity contribution is 5.77. The molecule has 3 aromatic rings. The monoisotopic (exact) mass is 409 g/mol. The zero-order valence-corrected chi connectivity index (χ0v) is 16.7. The number of piperidine rings is 1. The number of aryl methyl sites for hydroxylation is 1. The molecule has 2 aromatic heterocycles. The van der Waals surface area contributed by atoms with Crippen molar-refractivity contribution in [1.29, 1.82) is 0 Å². The lowest BCUT2D eigenvalue weighted by Gasteiger charge is -2.37. The van der Waals surface area contributed by atoms with Crippen molar-refractivity contribution in [3.8, 4) is 11.3 Å². The maximum Gasteiger partial charge on any atom is 0.222 e. The molecule has 0 radical (unpaired) electrons. The van der Waals surface area contributed by atoms with Crippen LogP contribution in [0.1, 0.15) is 25.0 Å². The highest BCUT2D eigenvalue weighted by Crippen LogP contribution is 2.32. The molecule has 0 aliphatic carbocycles. The molecule has 0 bridgehead atoms. The molecular formula is C23H24FN3O3. The third-order valence-electron chi connectivity index (χ3n) is 6.01. The van der Waals surface area contributed by atoms with Gasteiger partial charge in [0.05, 0.1) is 24.6 Å². The van der Waals surface area contributed by atoms with E-state index < -0.39 is 5.79 Å². The van der Waals surface area contributed by atoms with Crippen molar-refractivity contribution >= 4 is 11.6 Å². The number of aromatic nitrogens is 2. The summed E-state index contributed by atoms with van der Waals surface area (Å²) < 4.78 is 26.9. The van der Waals surface area contributed by atoms with Crippen molar-refractivity contribution in [3.05, 3.63) is 60.2 Å². The average Bonchev–Trinajstić information content (AvgIpc) is 3.38. The second-order valence-electron chi connectivity index (χ2n) is 7.83. The van der Waals surface area contributed by atoms with Crippen LogP contribution in [0.25, 0.3) is 16.9 Å². The summed E-state index contributed by atoms with van der Waals surface area (Å²) >= 11 is 0. The van der Waals surface area contributed by atoms with Gasteiger partial charge in [-0.05, 0) is 42.8 Å². The Morgan fingerprint density at radius 3 is 2.53 bits per heavy atom. The number of ether oxygens (including phenoxy) is 2. The van der Waals surface area contributed by atoms with Gasteiger partial charge in [-0.25, -0.2) is 9.37 Å². The van der Waals surface area contributed by atoms with Crippen molar-refractivity contribution in [3.63, 3.8) is 0 Å². The molecule has 0 unspecified atom stereocenters.